The van der Waals surface area contributed by atoms with Crippen molar-refractivity contribution in [2.75, 3.05) is 6.54 Å². The standard InChI is InChI=1S/C23H22ClN3O2/c1-4-10-27-22(15-8-6-14(5-2)7-9-15)19-20(25-26-21(19)23(27)29)16-12-17(24)13(3)11-18(16)28/h4,6-9,11-12,22,28H,1,5,10H2,2-3H3,(H,25,26). The molecule has 0 aliphatic carbocycles. The normalized spacial score (nSPS) is 15.6. The van der Waals surface area contributed by atoms with E-state index in [1.807, 2.05) is 19.1 Å². The second-order valence-corrected chi connectivity index (χ2v) is 7.63. The number of carbonyl (C=O) groups excluding carboxylic acids is 1. The maximum atomic E-state index is 13.1. The molecule has 1 aliphatic rings. The highest BCUT2D eigenvalue weighted by Gasteiger charge is 2.42. The number of H-pyrrole nitrogens is 1. The van der Waals surface area contributed by atoms with Crippen LogP contribution in [0.15, 0.2) is 49.1 Å². The average Bonchev–Trinajstić information content (AvgIpc) is 3.25. The lowest BCUT2D eigenvalue weighted by molar-refractivity contribution is 0.0764. The molecule has 0 saturated carbocycles. The molecule has 148 valence electrons. The minimum absolute atomic E-state index is 0.0795. The van der Waals surface area contributed by atoms with Gasteiger partial charge in [-0.05, 0) is 42.2 Å². The van der Waals surface area contributed by atoms with Crippen LogP contribution in [-0.4, -0.2) is 32.7 Å². The summed E-state index contributed by atoms with van der Waals surface area (Å²) in [6.07, 6.45) is 2.66. The Labute approximate surface area is 174 Å². The number of aromatic hydroxyl groups is 1. The Morgan fingerprint density at radius 2 is 2.03 bits per heavy atom. The maximum absolute atomic E-state index is 13.1. The molecule has 0 radical (unpaired) electrons. The van der Waals surface area contributed by atoms with Crippen LogP contribution < -0.4 is 0 Å². The van der Waals surface area contributed by atoms with Crippen molar-refractivity contribution in [3.8, 4) is 17.0 Å². The number of carbonyl (C=O) groups is 1. The van der Waals surface area contributed by atoms with Gasteiger partial charge in [0, 0.05) is 22.7 Å². The van der Waals surface area contributed by atoms with E-state index < -0.39 is 0 Å². The number of benzene rings is 2. The minimum atomic E-state index is -0.324. The monoisotopic (exact) mass is 407 g/mol. The van der Waals surface area contributed by atoms with Gasteiger partial charge < -0.3 is 10.0 Å². The average molecular weight is 408 g/mol. The molecule has 0 saturated heterocycles. The molecule has 1 aromatic heterocycles. The summed E-state index contributed by atoms with van der Waals surface area (Å²) in [6.45, 7) is 8.14. The molecule has 1 atom stereocenters. The molecule has 2 heterocycles. The quantitative estimate of drug-likeness (QED) is 0.582. The van der Waals surface area contributed by atoms with Gasteiger partial charge in [0.05, 0.1) is 6.04 Å². The lowest BCUT2D eigenvalue weighted by Gasteiger charge is -2.25. The Bertz CT molecular complexity index is 1100. The van der Waals surface area contributed by atoms with Crippen LogP contribution in [0.1, 0.15) is 45.7 Å². The van der Waals surface area contributed by atoms with Gasteiger partial charge in [0.2, 0.25) is 0 Å². The number of aromatic nitrogens is 2. The third-order valence-corrected chi connectivity index (χ3v) is 5.83. The van der Waals surface area contributed by atoms with Crippen LogP contribution in [0.2, 0.25) is 5.02 Å². The van der Waals surface area contributed by atoms with Crippen molar-refractivity contribution in [1.29, 1.82) is 0 Å². The van der Waals surface area contributed by atoms with Crippen molar-refractivity contribution in [2.24, 2.45) is 0 Å². The first kappa shape index (κ1) is 19.3. The van der Waals surface area contributed by atoms with Crippen LogP contribution in [0, 0.1) is 6.92 Å². The van der Waals surface area contributed by atoms with E-state index in [4.69, 9.17) is 11.6 Å². The summed E-state index contributed by atoms with van der Waals surface area (Å²) in [5.74, 6) is -0.0585. The number of aromatic amines is 1. The summed E-state index contributed by atoms with van der Waals surface area (Å²) >= 11 is 6.31. The summed E-state index contributed by atoms with van der Waals surface area (Å²) in [5, 5.41) is 18.3. The molecule has 1 amide bonds. The predicted octanol–water partition coefficient (Wildman–Crippen LogP) is 5.04. The number of amides is 1. The van der Waals surface area contributed by atoms with Crippen LogP contribution in [0.25, 0.3) is 11.3 Å². The zero-order valence-corrected chi connectivity index (χ0v) is 17.1. The highest BCUT2D eigenvalue weighted by atomic mass is 35.5. The number of halogens is 1. The van der Waals surface area contributed by atoms with Gasteiger partial charge in [-0.25, -0.2) is 0 Å². The smallest absolute Gasteiger partial charge is 0.273 e. The maximum Gasteiger partial charge on any atom is 0.273 e. The zero-order valence-electron chi connectivity index (χ0n) is 16.4. The summed E-state index contributed by atoms with van der Waals surface area (Å²) in [6, 6.07) is 11.2. The van der Waals surface area contributed by atoms with Crippen LogP contribution in [0.4, 0.5) is 0 Å². The third kappa shape index (κ3) is 3.12. The second kappa shape index (κ2) is 7.41. The number of nitrogens with one attached hydrogen (secondary N) is 1. The highest BCUT2D eigenvalue weighted by molar-refractivity contribution is 6.31. The van der Waals surface area contributed by atoms with Crippen LogP contribution >= 0.6 is 11.6 Å². The Morgan fingerprint density at radius 1 is 1.31 bits per heavy atom. The van der Waals surface area contributed by atoms with Crippen LogP contribution in [0.3, 0.4) is 0 Å². The molecule has 29 heavy (non-hydrogen) atoms. The summed E-state index contributed by atoms with van der Waals surface area (Å²) in [7, 11) is 0. The van der Waals surface area contributed by atoms with Crippen LogP contribution in [0.5, 0.6) is 5.75 Å². The molecule has 4 rings (SSSR count). The fourth-order valence-electron chi connectivity index (χ4n) is 3.87. The molecular weight excluding hydrogens is 386 g/mol. The Balaban J connectivity index is 1.91. The summed E-state index contributed by atoms with van der Waals surface area (Å²) < 4.78 is 0. The van der Waals surface area contributed by atoms with Crippen molar-refractivity contribution in [3.63, 3.8) is 0 Å². The largest absolute Gasteiger partial charge is 0.507 e. The number of phenols is 1. The minimum Gasteiger partial charge on any atom is -0.507 e. The fourth-order valence-corrected chi connectivity index (χ4v) is 4.03. The van der Waals surface area contributed by atoms with Crippen molar-refractivity contribution < 1.29 is 9.90 Å². The third-order valence-electron chi connectivity index (χ3n) is 5.43. The number of phenolic OH excluding ortho intramolecular Hbond substituents is 1. The van der Waals surface area contributed by atoms with Gasteiger partial charge in [-0.15, -0.1) is 6.58 Å². The zero-order chi connectivity index (χ0) is 20.7. The molecule has 0 fully saturated rings. The topological polar surface area (TPSA) is 69.2 Å². The van der Waals surface area contributed by atoms with Crippen molar-refractivity contribution >= 4 is 17.5 Å². The van der Waals surface area contributed by atoms with E-state index in [-0.39, 0.29) is 17.7 Å². The Morgan fingerprint density at radius 3 is 2.69 bits per heavy atom. The number of nitrogens with zero attached hydrogens (tertiary/aromatic N) is 2. The molecule has 1 aliphatic heterocycles. The summed E-state index contributed by atoms with van der Waals surface area (Å²) in [4.78, 5) is 14.8. The van der Waals surface area contributed by atoms with Gasteiger partial charge in [0.25, 0.3) is 5.91 Å². The molecule has 0 spiro atoms. The first-order valence-electron chi connectivity index (χ1n) is 9.54. The number of hydrogen-bond acceptors (Lipinski definition) is 3. The lowest BCUT2D eigenvalue weighted by atomic mass is 9.94. The van der Waals surface area contributed by atoms with Gasteiger partial charge >= 0.3 is 0 Å². The van der Waals surface area contributed by atoms with Crippen molar-refractivity contribution in [2.45, 2.75) is 26.3 Å². The van der Waals surface area contributed by atoms with E-state index in [0.29, 0.717) is 28.5 Å². The molecule has 2 N–H and O–H groups in total. The Hall–Kier alpha value is -3.05. The summed E-state index contributed by atoms with van der Waals surface area (Å²) in [5.41, 5.74) is 5.20. The molecule has 2 aromatic carbocycles. The van der Waals surface area contributed by atoms with E-state index in [2.05, 4.69) is 35.8 Å². The van der Waals surface area contributed by atoms with E-state index in [1.54, 1.807) is 23.1 Å². The first-order chi connectivity index (χ1) is 14.0. The molecule has 0 bridgehead atoms. The molecular formula is C23H22ClN3O2. The SMILES string of the molecule is C=CCN1C(=O)c2[nH]nc(-c3cc(Cl)c(C)cc3O)c2C1c1ccc(CC)cc1. The van der Waals surface area contributed by atoms with Gasteiger partial charge in [0.1, 0.15) is 17.1 Å². The molecule has 1 unspecified atom stereocenters. The number of hydrogen-bond donors (Lipinski definition) is 2. The van der Waals surface area contributed by atoms with E-state index in [1.165, 1.54) is 5.56 Å². The Kier molecular flexibility index (Phi) is 4.92. The second-order valence-electron chi connectivity index (χ2n) is 7.22. The molecule has 6 heteroatoms. The van der Waals surface area contributed by atoms with Gasteiger partial charge in [-0.3, -0.25) is 9.89 Å². The molecule has 5 nitrogen and oxygen atoms in total. The van der Waals surface area contributed by atoms with Crippen molar-refractivity contribution in [1.82, 2.24) is 15.1 Å². The number of rotatable bonds is 5. The highest BCUT2D eigenvalue weighted by Crippen LogP contribution is 2.45. The van der Waals surface area contributed by atoms with Gasteiger partial charge in [-0.2, -0.15) is 5.10 Å². The van der Waals surface area contributed by atoms with Crippen LogP contribution in [-0.2, 0) is 6.42 Å². The van der Waals surface area contributed by atoms with Gasteiger partial charge in [-0.1, -0.05) is 48.9 Å². The first-order valence-corrected chi connectivity index (χ1v) is 9.92. The van der Waals surface area contributed by atoms with Gasteiger partial charge in [0.15, 0.2) is 0 Å². The number of fused-ring (bicyclic) bond motifs is 1. The van der Waals surface area contributed by atoms with E-state index in [9.17, 15) is 9.90 Å². The van der Waals surface area contributed by atoms with E-state index in [0.717, 1.165) is 23.1 Å². The number of aryl methyl sites for hydroxylation is 2. The van der Waals surface area contributed by atoms with Crippen molar-refractivity contribution in [3.05, 3.63) is 82.0 Å². The van der Waals surface area contributed by atoms with E-state index >= 15 is 0 Å². The predicted molar refractivity (Wildman–Crippen MR) is 114 cm³/mol. The fraction of sp³-hybridized carbons (Fsp3) is 0.217. The lowest BCUT2D eigenvalue weighted by Crippen LogP contribution is -2.29. The molecule has 3 aromatic rings.